The Bertz CT molecular complexity index is 40.0. The Morgan fingerprint density at radius 1 is 0.889 bits per heavy atom. The van der Waals surface area contributed by atoms with Gasteiger partial charge in [-0.05, 0) is 0 Å². The van der Waals surface area contributed by atoms with Gasteiger partial charge in [-0.2, -0.15) is 0 Å². The summed E-state index contributed by atoms with van der Waals surface area (Å²) in [4.78, 5) is 9.22. The Morgan fingerprint density at radius 3 is 0.889 bits per heavy atom. The van der Waals surface area contributed by atoms with Gasteiger partial charge in [-0.1, -0.05) is 0 Å². The van der Waals surface area contributed by atoms with Crippen molar-refractivity contribution in [1.82, 2.24) is 0 Å². The van der Waals surface area contributed by atoms with Gasteiger partial charge in [0.1, 0.15) is 0 Å². The second-order valence-electron chi connectivity index (χ2n) is 0.539. The van der Waals surface area contributed by atoms with E-state index >= 15 is 0 Å². The minimum atomic E-state index is -0.333. The van der Waals surface area contributed by atoms with Crippen LogP contribution in [0.5, 0.6) is 0 Å². The van der Waals surface area contributed by atoms with E-state index in [9.17, 15) is 4.79 Å². The fourth-order valence-electron chi connectivity index (χ4n) is 0. The number of carbonyl (C=O) groups is 1. The Balaban J connectivity index is -0.00000000450. The second-order valence-corrected chi connectivity index (χ2v) is 0.539. The molecule has 0 aliphatic rings. The zero-order valence-corrected chi connectivity index (χ0v) is 19.2. The Labute approximate surface area is 150 Å². The minimum Gasteiger partial charge on any atom is -0.370 e. The third kappa shape index (κ3) is 80.8. The van der Waals surface area contributed by atoms with Crippen LogP contribution in [-0.4, -0.2) is 5.78 Å². The van der Waals surface area contributed by atoms with Crippen LogP contribution in [0, 0.1) is 13.8 Å². The number of hydrogen-bond donors (Lipinski definition) is 0. The minimum absolute atomic E-state index is 0. The van der Waals surface area contributed by atoms with Gasteiger partial charge in [-0.3, -0.25) is 0 Å². The van der Waals surface area contributed by atoms with E-state index in [4.69, 9.17) is 0 Å². The fraction of sp³-hybridized carbons (Fsp3) is 0. The molecular formula is C3H4OW3Y2-2. The molecule has 0 rings (SSSR count). The maximum Gasteiger partial charge on any atom is 0 e. The average Bonchev–Trinajstić information content (AvgIpc) is 0.811. The van der Waals surface area contributed by atoms with E-state index in [1.54, 1.807) is 0 Å². The summed E-state index contributed by atoms with van der Waals surface area (Å²) >= 11 is 0. The van der Waals surface area contributed by atoms with E-state index in [-0.39, 0.29) is 134 Å². The van der Waals surface area contributed by atoms with Gasteiger partial charge in [0, 0.05) is 129 Å². The maximum absolute atomic E-state index is 9.22. The predicted molar refractivity (Wildman–Crippen MR) is 15.7 cm³/mol. The SMILES string of the molecule is [CH2-]C([CH2-])=O.[W].[W].[W].[Y].[Y]. The van der Waals surface area contributed by atoms with Gasteiger partial charge in [0.15, 0.2) is 0 Å². The summed E-state index contributed by atoms with van der Waals surface area (Å²) in [5, 5.41) is 0. The van der Waals surface area contributed by atoms with E-state index < -0.39 is 0 Å². The van der Waals surface area contributed by atoms with Crippen molar-refractivity contribution in [2.75, 3.05) is 0 Å². The summed E-state index contributed by atoms with van der Waals surface area (Å²) in [6, 6.07) is 0. The summed E-state index contributed by atoms with van der Waals surface area (Å²) in [5.74, 6) is -0.333. The monoisotopic (exact) mass is 786 g/mol. The van der Waals surface area contributed by atoms with Crippen LogP contribution in [0.15, 0.2) is 0 Å². The van der Waals surface area contributed by atoms with Crippen molar-refractivity contribution in [3.05, 3.63) is 13.8 Å². The standard InChI is InChI=1S/C3H4O.3W.2Y/c1-3(2)4;;;;;/h1-2H2;;;;;/q-2;;;;;. The molecule has 48 valence electrons. The van der Waals surface area contributed by atoms with Gasteiger partial charge in [-0.25, -0.2) is 0 Å². The molecule has 1 nitrogen and oxygen atoms in total. The summed E-state index contributed by atoms with van der Waals surface area (Å²) < 4.78 is 0. The zero-order chi connectivity index (χ0) is 3.58. The maximum atomic E-state index is 9.22. The first-order valence-electron chi connectivity index (χ1n) is 0.911. The molecule has 0 bridgehead atoms. The number of hydrogen-bond acceptors (Lipinski definition) is 1. The molecule has 0 spiro atoms. The van der Waals surface area contributed by atoms with Crippen molar-refractivity contribution in [2.45, 2.75) is 0 Å². The van der Waals surface area contributed by atoms with Crippen molar-refractivity contribution in [2.24, 2.45) is 0 Å². The molecule has 0 fully saturated rings. The normalized spacial score (nSPS) is 2.67. The molecule has 0 aromatic heterocycles. The molecule has 6 heteroatoms. The van der Waals surface area contributed by atoms with E-state index in [1.165, 1.54) is 0 Å². The molecule has 0 saturated heterocycles. The molecule has 9 heavy (non-hydrogen) atoms. The number of ketones is 1. The average molecular weight is 785 g/mol. The van der Waals surface area contributed by atoms with Gasteiger partial charge in [0.05, 0.1) is 0 Å². The van der Waals surface area contributed by atoms with Gasteiger partial charge in [0.25, 0.3) is 0 Å². The van der Waals surface area contributed by atoms with Crippen molar-refractivity contribution >= 4 is 5.78 Å². The molecule has 0 atom stereocenters. The van der Waals surface area contributed by atoms with Crippen LogP contribution in [-0.2, 0) is 133 Å². The first-order chi connectivity index (χ1) is 1.73. The van der Waals surface area contributed by atoms with Crippen LogP contribution >= 0.6 is 0 Å². The number of Topliss-reactive ketones (excluding diaryl/α,β-unsaturated/α-hetero) is 1. The molecule has 0 saturated carbocycles. The first-order valence-corrected chi connectivity index (χ1v) is 0.911. The second kappa shape index (κ2) is 29.9. The van der Waals surface area contributed by atoms with Gasteiger partial charge >= 0.3 is 0 Å². The Hall–Kier alpha value is 3.68. The number of rotatable bonds is 0. The zero-order valence-electron chi connectivity index (χ0n) is 4.70. The molecule has 0 aromatic carbocycles. The Kier molecular flexibility index (Phi) is 129. The van der Waals surface area contributed by atoms with Crippen LogP contribution in [0.25, 0.3) is 0 Å². The molecule has 0 aliphatic carbocycles. The van der Waals surface area contributed by atoms with E-state index in [2.05, 4.69) is 13.8 Å². The van der Waals surface area contributed by atoms with E-state index in [0.29, 0.717) is 0 Å². The quantitative estimate of drug-likeness (QED) is 0.322. The first kappa shape index (κ1) is 38.8. The van der Waals surface area contributed by atoms with E-state index in [1.807, 2.05) is 0 Å². The van der Waals surface area contributed by atoms with Crippen LogP contribution in [0.3, 0.4) is 0 Å². The third-order valence-corrected chi connectivity index (χ3v) is 0. The molecule has 0 unspecified atom stereocenters. The van der Waals surface area contributed by atoms with Gasteiger partial charge in [-0.15, -0.1) is 5.78 Å². The molecule has 0 amide bonds. The van der Waals surface area contributed by atoms with Crippen molar-refractivity contribution < 1.29 is 133 Å². The van der Waals surface area contributed by atoms with Gasteiger partial charge < -0.3 is 18.6 Å². The van der Waals surface area contributed by atoms with Crippen LogP contribution in [0.2, 0.25) is 0 Å². The third-order valence-electron chi connectivity index (χ3n) is 0. The van der Waals surface area contributed by atoms with E-state index in [0.717, 1.165) is 0 Å². The summed E-state index contributed by atoms with van der Waals surface area (Å²) in [5.41, 5.74) is 0. The fourth-order valence-corrected chi connectivity index (χ4v) is 0. The van der Waals surface area contributed by atoms with Crippen molar-refractivity contribution in [1.29, 1.82) is 0 Å². The molecule has 2 radical (unpaired) electrons. The molecule has 0 aromatic rings. The summed E-state index contributed by atoms with van der Waals surface area (Å²) in [7, 11) is 0. The molecule has 0 aliphatic heterocycles. The molecule has 0 heterocycles. The van der Waals surface area contributed by atoms with Crippen LogP contribution in [0.4, 0.5) is 0 Å². The summed E-state index contributed by atoms with van der Waals surface area (Å²) in [6.07, 6.45) is 0. The van der Waals surface area contributed by atoms with Crippen LogP contribution < -0.4 is 0 Å². The molecule has 0 N–H and O–H groups in total. The van der Waals surface area contributed by atoms with Crippen LogP contribution in [0.1, 0.15) is 0 Å². The van der Waals surface area contributed by atoms with Gasteiger partial charge in [0.2, 0.25) is 0 Å². The molecular weight excluding hydrogens is 781 g/mol. The smallest absolute Gasteiger partial charge is 0 e. The van der Waals surface area contributed by atoms with Crippen molar-refractivity contribution in [3.63, 3.8) is 0 Å². The predicted octanol–water partition coefficient (Wildman–Crippen LogP) is 0.211. The topological polar surface area (TPSA) is 17.1 Å². The largest absolute Gasteiger partial charge is 0.370 e. The Morgan fingerprint density at radius 2 is 0.889 bits per heavy atom. The number of carbonyl (C=O) groups excluding carboxylic acids is 1. The summed E-state index contributed by atoms with van der Waals surface area (Å²) in [6.45, 7) is 5.78. The van der Waals surface area contributed by atoms with Crippen molar-refractivity contribution in [3.8, 4) is 0 Å².